The van der Waals surface area contributed by atoms with Crippen LogP contribution >= 0.6 is 0 Å². The number of ether oxygens (including phenoxy) is 1. The third-order valence-electron chi connectivity index (χ3n) is 6.42. The van der Waals surface area contributed by atoms with Gasteiger partial charge in [-0.2, -0.15) is 0 Å². The van der Waals surface area contributed by atoms with E-state index in [2.05, 4.69) is 9.80 Å². The normalized spacial score (nSPS) is 24.4. The van der Waals surface area contributed by atoms with Gasteiger partial charge in [0.25, 0.3) is 0 Å². The number of benzene rings is 1. The van der Waals surface area contributed by atoms with Crippen molar-refractivity contribution in [3.63, 3.8) is 0 Å². The number of hydrogen-bond acceptors (Lipinski definition) is 7. The molecule has 10 heteroatoms. The van der Waals surface area contributed by atoms with Gasteiger partial charge in [-0.3, -0.25) is 19.4 Å². The number of hydrogen-bond donors (Lipinski definition) is 0. The summed E-state index contributed by atoms with van der Waals surface area (Å²) in [5, 5.41) is 0. The fourth-order valence-corrected chi connectivity index (χ4v) is 6.30. The number of sulfone groups is 1. The predicted molar refractivity (Wildman–Crippen MR) is 121 cm³/mol. The summed E-state index contributed by atoms with van der Waals surface area (Å²) in [5.74, 6) is 0.210. The molecule has 1 unspecified atom stereocenters. The third-order valence-corrected chi connectivity index (χ3v) is 8.17. The van der Waals surface area contributed by atoms with Gasteiger partial charge < -0.3 is 14.5 Å². The maximum Gasteiger partial charge on any atom is 0.241 e. The van der Waals surface area contributed by atoms with Crippen LogP contribution in [0.3, 0.4) is 0 Å². The predicted octanol–water partition coefficient (Wildman–Crippen LogP) is -0.317. The monoisotopic (exact) mass is 464 g/mol. The Kier molecular flexibility index (Phi) is 7.44. The Bertz CT molecular complexity index is 896. The molecule has 3 heterocycles. The molecule has 0 saturated carbocycles. The molecule has 9 nitrogen and oxygen atoms in total. The molecular weight excluding hydrogens is 432 g/mol. The van der Waals surface area contributed by atoms with Gasteiger partial charge in [0, 0.05) is 45.0 Å². The van der Waals surface area contributed by atoms with Gasteiger partial charge in [-0.05, 0) is 18.6 Å². The van der Waals surface area contributed by atoms with Crippen LogP contribution in [0.25, 0.3) is 0 Å². The number of piperazine rings is 1. The fraction of sp³-hybridized carbons (Fsp3) is 0.636. The number of amides is 2. The molecule has 0 aliphatic carbocycles. The van der Waals surface area contributed by atoms with E-state index in [4.69, 9.17) is 4.74 Å². The summed E-state index contributed by atoms with van der Waals surface area (Å²) in [7, 11) is -3.10. The Labute approximate surface area is 189 Å². The van der Waals surface area contributed by atoms with E-state index in [-0.39, 0.29) is 35.9 Å². The molecular formula is C22H32N4O5S. The Balaban J connectivity index is 1.32. The van der Waals surface area contributed by atoms with Crippen LogP contribution in [-0.4, -0.2) is 118 Å². The van der Waals surface area contributed by atoms with Crippen molar-refractivity contribution in [3.8, 4) is 0 Å². The summed E-state index contributed by atoms with van der Waals surface area (Å²) in [4.78, 5) is 33.5. The number of carbonyl (C=O) groups excluding carboxylic acids is 2. The topological polar surface area (TPSA) is 90.5 Å². The number of rotatable bonds is 6. The molecule has 2 amide bonds. The maximum absolute atomic E-state index is 13.3. The van der Waals surface area contributed by atoms with E-state index >= 15 is 0 Å². The van der Waals surface area contributed by atoms with E-state index in [1.165, 1.54) is 0 Å². The second-order valence-electron chi connectivity index (χ2n) is 8.70. The van der Waals surface area contributed by atoms with Gasteiger partial charge in [0.05, 0.1) is 43.9 Å². The molecule has 0 aromatic heterocycles. The molecule has 0 N–H and O–H groups in total. The van der Waals surface area contributed by atoms with Crippen molar-refractivity contribution >= 4 is 27.3 Å². The molecule has 0 bridgehead atoms. The molecule has 32 heavy (non-hydrogen) atoms. The molecule has 3 fully saturated rings. The number of morpholine rings is 1. The largest absolute Gasteiger partial charge is 0.378 e. The SMILES string of the molecule is O=C(CN1CCN(CC(=O)N(c2ccccc2)C2CCS(=O)(=O)C2)CC1)N1CCOCC1. The van der Waals surface area contributed by atoms with Crippen LogP contribution in [0.15, 0.2) is 30.3 Å². The third kappa shape index (κ3) is 5.86. The Morgan fingerprint density at radius 1 is 0.938 bits per heavy atom. The number of para-hydroxylation sites is 1. The minimum absolute atomic E-state index is 0.0189. The first-order valence-electron chi connectivity index (χ1n) is 11.3. The van der Waals surface area contributed by atoms with Crippen LogP contribution in [0.5, 0.6) is 0 Å². The highest BCUT2D eigenvalue weighted by Crippen LogP contribution is 2.25. The van der Waals surface area contributed by atoms with Crippen molar-refractivity contribution in [1.82, 2.24) is 14.7 Å². The standard InChI is InChI=1S/C22H32N4O5S/c27-21(25-11-13-31-14-12-25)16-23-7-9-24(10-8-23)17-22(28)26(19-4-2-1-3-5-19)20-6-15-32(29,30)18-20/h1-5,20H,6-18H2. The fourth-order valence-electron chi connectivity index (χ4n) is 4.60. The van der Waals surface area contributed by atoms with Crippen LogP contribution in [0.2, 0.25) is 0 Å². The van der Waals surface area contributed by atoms with E-state index < -0.39 is 9.84 Å². The summed E-state index contributed by atoms with van der Waals surface area (Å²) in [6.07, 6.45) is 0.473. The van der Waals surface area contributed by atoms with Gasteiger partial charge in [0.1, 0.15) is 0 Å². The smallest absolute Gasteiger partial charge is 0.241 e. The Morgan fingerprint density at radius 3 is 2.16 bits per heavy atom. The molecule has 1 atom stereocenters. The molecule has 4 rings (SSSR count). The lowest BCUT2D eigenvalue weighted by atomic mass is 10.1. The van der Waals surface area contributed by atoms with Crippen molar-refractivity contribution in [3.05, 3.63) is 30.3 Å². The maximum atomic E-state index is 13.3. The molecule has 1 aromatic rings. The van der Waals surface area contributed by atoms with Crippen molar-refractivity contribution in [2.24, 2.45) is 0 Å². The quantitative estimate of drug-likeness (QED) is 0.570. The van der Waals surface area contributed by atoms with Gasteiger partial charge >= 0.3 is 0 Å². The Hall–Kier alpha value is -2.01. The number of anilines is 1. The zero-order valence-corrected chi connectivity index (χ0v) is 19.2. The van der Waals surface area contributed by atoms with E-state index in [0.29, 0.717) is 52.4 Å². The average molecular weight is 465 g/mol. The first-order valence-corrected chi connectivity index (χ1v) is 13.1. The average Bonchev–Trinajstić information content (AvgIpc) is 3.15. The van der Waals surface area contributed by atoms with Gasteiger partial charge in [-0.1, -0.05) is 18.2 Å². The lowest BCUT2D eigenvalue weighted by molar-refractivity contribution is -0.137. The van der Waals surface area contributed by atoms with Gasteiger partial charge in [-0.15, -0.1) is 0 Å². The summed E-state index contributed by atoms with van der Waals surface area (Å²) in [6, 6.07) is 9.01. The van der Waals surface area contributed by atoms with Crippen molar-refractivity contribution in [2.45, 2.75) is 12.5 Å². The van der Waals surface area contributed by atoms with Crippen molar-refractivity contribution in [1.29, 1.82) is 0 Å². The highest BCUT2D eigenvalue weighted by Gasteiger charge is 2.36. The molecule has 3 saturated heterocycles. The first kappa shape index (κ1) is 23.2. The summed E-state index contributed by atoms with van der Waals surface area (Å²) in [6.45, 7) is 6.01. The lowest BCUT2D eigenvalue weighted by Gasteiger charge is -2.37. The second-order valence-corrected chi connectivity index (χ2v) is 10.9. The second kappa shape index (κ2) is 10.3. The van der Waals surface area contributed by atoms with Crippen LogP contribution in [0, 0.1) is 0 Å². The lowest BCUT2D eigenvalue weighted by Crippen LogP contribution is -2.54. The zero-order valence-electron chi connectivity index (χ0n) is 18.4. The molecule has 3 aliphatic rings. The number of carbonyl (C=O) groups is 2. The highest BCUT2D eigenvalue weighted by atomic mass is 32.2. The van der Waals surface area contributed by atoms with Gasteiger partial charge in [-0.25, -0.2) is 8.42 Å². The van der Waals surface area contributed by atoms with Crippen LogP contribution in [0.4, 0.5) is 5.69 Å². The summed E-state index contributed by atoms with van der Waals surface area (Å²) >= 11 is 0. The molecule has 0 spiro atoms. The Morgan fingerprint density at radius 2 is 1.56 bits per heavy atom. The van der Waals surface area contributed by atoms with E-state index in [1.807, 2.05) is 35.2 Å². The van der Waals surface area contributed by atoms with Crippen LogP contribution in [-0.2, 0) is 24.2 Å². The van der Waals surface area contributed by atoms with Gasteiger partial charge in [0.15, 0.2) is 9.84 Å². The minimum Gasteiger partial charge on any atom is -0.378 e. The van der Waals surface area contributed by atoms with Crippen molar-refractivity contribution in [2.75, 3.05) is 82.0 Å². The summed E-state index contributed by atoms with van der Waals surface area (Å²) < 4.78 is 29.4. The minimum atomic E-state index is -3.10. The highest BCUT2D eigenvalue weighted by molar-refractivity contribution is 7.91. The van der Waals surface area contributed by atoms with Gasteiger partial charge in [0.2, 0.25) is 11.8 Å². The molecule has 3 aliphatic heterocycles. The molecule has 176 valence electrons. The van der Waals surface area contributed by atoms with E-state index in [9.17, 15) is 18.0 Å². The molecule has 1 aromatic carbocycles. The van der Waals surface area contributed by atoms with Crippen LogP contribution in [0.1, 0.15) is 6.42 Å². The molecule has 0 radical (unpaired) electrons. The zero-order chi connectivity index (χ0) is 22.6. The number of nitrogens with zero attached hydrogens (tertiary/aromatic N) is 4. The van der Waals surface area contributed by atoms with E-state index in [1.54, 1.807) is 4.90 Å². The summed E-state index contributed by atoms with van der Waals surface area (Å²) in [5.41, 5.74) is 0.745. The van der Waals surface area contributed by atoms with E-state index in [0.717, 1.165) is 18.8 Å². The first-order chi connectivity index (χ1) is 15.4. The van der Waals surface area contributed by atoms with Crippen molar-refractivity contribution < 1.29 is 22.7 Å². The van der Waals surface area contributed by atoms with Crippen LogP contribution < -0.4 is 4.90 Å².